The van der Waals surface area contributed by atoms with Crippen molar-refractivity contribution in [3.05, 3.63) is 0 Å². The van der Waals surface area contributed by atoms with Crippen molar-refractivity contribution in [2.75, 3.05) is 0 Å². The molecule has 3 nitrogen and oxygen atoms in total. The molecule has 1 N–H and O–H groups in total. The molecule has 4 rings (SSSR count). The predicted octanol–water partition coefficient (Wildman–Crippen LogP) is 7.26. The number of aliphatic hydroxyl groups excluding tert-OH is 1. The van der Waals surface area contributed by atoms with E-state index in [-0.39, 0.29) is 23.6 Å². The van der Waals surface area contributed by atoms with Gasteiger partial charge >= 0.3 is 5.97 Å². The minimum atomic E-state index is -0.134. The van der Waals surface area contributed by atoms with Gasteiger partial charge in [-0.3, -0.25) is 4.79 Å². The Morgan fingerprint density at radius 1 is 1.00 bits per heavy atom. The van der Waals surface area contributed by atoms with E-state index in [2.05, 4.69) is 41.5 Å². The number of ether oxygens (including phenoxy) is 1. The first kappa shape index (κ1) is 25.5. The van der Waals surface area contributed by atoms with Crippen LogP contribution in [0.25, 0.3) is 0 Å². The first-order chi connectivity index (χ1) is 15.5. The molecule has 4 aliphatic rings. The average molecular weight is 461 g/mol. The zero-order valence-electron chi connectivity index (χ0n) is 22.6. The van der Waals surface area contributed by atoms with Gasteiger partial charge in [0.1, 0.15) is 6.10 Å². The highest BCUT2D eigenvalue weighted by Gasteiger charge is 2.64. The molecule has 0 heterocycles. The maximum atomic E-state index is 12.3. The van der Waals surface area contributed by atoms with Crippen molar-refractivity contribution >= 4 is 5.97 Å². The van der Waals surface area contributed by atoms with E-state index in [1.807, 2.05) is 0 Å². The molecular formula is C30H52O3. The van der Waals surface area contributed by atoms with Gasteiger partial charge in [-0.05, 0) is 104 Å². The van der Waals surface area contributed by atoms with E-state index in [1.54, 1.807) is 6.92 Å². The smallest absolute Gasteiger partial charge is 0.302 e. The third-order valence-electron chi connectivity index (χ3n) is 11.8. The SMILES string of the molecule is CC(=O)O[C@@H]1C[C@]2(C)[C@@H]([C@H](C)CC[C@H](C)C(C)C)CC[C@H]2[C@@H]2CC[C@H]3C[C@H](O)CC[C@]3(C)[C@H]21. The number of aliphatic hydroxyl groups is 1. The Labute approximate surface area is 203 Å². The lowest BCUT2D eigenvalue weighted by Gasteiger charge is -2.63. The fourth-order valence-electron chi connectivity index (χ4n) is 9.68. The lowest BCUT2D eigenvalue weighted by Crippen LogP contribution is -2.60. The zero-order valence-corrected chi connectivity index (χ0v) is 22.6. The van der Waals surface area contributed by atoms with Gasteiger partial charge in [0.15, 0.2) is 0 Å². The Morgan fingerprint density at radius 3 is 2.39 bits per heavy atom. The molecule has 4 aliphatic carbocycles. The van der Waals surface area contributed by atoms with Crippen molar-refractivity contribution in [3.63, 3.8) is 0 Å². The quantitative estimate of drug-likeness (QED) is 0.424. The molecule has 0 saturated heterocycles. The van der Waals surface area contributed by atoms with Crippen LogP contribution in [0.1, 0.15) is 113 Å². The van der Waals surface area contributed by atoms with Crippen LogP contribution < -0.4 is 0 Å². The van der Waals surface area contributed by atoms with Crippen LogP contribution in [0.4, 0.5) is 0 Å². The Kier molecular flexibility index (Phi) is 7.33. The summed E-state index contributed by atoms with van der Waals surface area (Å²) in [5.74, 6) is 5.45. The normalized spacial score (nSPS) is 46.8. The average Bonchev–Trinajstić information content (AvgIpc) is 3.08. The summed E-state index contributed by atoms with van der Waals surface area (Å²) >= 11 is 0. The number of carbonyl (C=O) groups excluding carboxylic acids is 1. The highest BCUT2D eigenvalue weighted by atomic mass is 16.5. The molecule has 0 radical (unpaired) electrons. The second-order valence-electron chi connectivity index (χ2n) is 13.8. The summed E-state index contributed by atoms with van der Waals surface area (Å²) in [4.78, 5) is 12.3. The molecule has 190 valence electrons. The van der Waals surface area contributed by atoms with Crippen molar-refractivity contribution in [1.29, 1.82) is 0 Å². The van der Waals surface area contributed by atoms with E-state index in [0.717, 1.165) is 55.3 Å². The monoisotopic (exact) mass is 460 g/mol. The molecule has 0 unspecified atom stereocenters. The third-order valence-corrected chi connectivity index (χ3v) is 11.8. The molecule has 0 amide bonds. The predicted molar refractivity (Wildman–Crippen MR) is 135 cm³/mol. The first-order valence-electron chi connectivity index (χ1n) is 14.3. The molecule has 33 heavy (non-hydrogen) atoms. The van der Waals surface area contributed by atoms with Crippen LogP contribution in [0, 0.1) is 58.2 Å². The van der Waals surface area contributed by atoms with Crippen molar-refractivity contribution < 1.29 is 14.6 Å². The van der Waals surface area contributed by atoms with Crippen molar-refractivity contribution in [3.8, 4) is 0 Å². The molecule has 0 bridgehead atoms. The third kappa shape index (κ3) is 4.54. The van der Waals surface area contributed by atoms with Gasteiger partial charge in [0.05, 0.1) is 6.10 Å². The Bertz CT molecular complexity index is 703. The van der Waals surface area contributed by atoms with Crippen LogP contribution in [0.3, 0.4) is 0 Å². The summed E-state index contributed by atoms with van der Waals surface area (Å²) in [6, 6.07) is 0. The molecule has 0 aromatic carbocycles. The van der Waals surface area contributed by atoms with Gasteiger partial charge in [0, 0.05) is 12.8 Å². The van der Waals surface area contributed by atoms with Crippen LogP contribution in [-0.4, -0.2) is 23.3 Å². The van der Waals surface area contributed by atoms with E-state index >= 15 is 0 Å². The lowest BCUT2D eigenvalue weighted by molar-refractivity contribution is -0.199. The van der Waals surface area contributed by atoms with E-state index in [4.69, 9.17) is 4.74 Å². The topological polar surface area (TPSA) is 46.5 Å². The number of hydrogen-bond donors (Lipinski definition) is 1. The number of esters is 1. The molecule has 11 atom stereocenters. The number of fused-ring (bicyclic) bond motifs is 5. The summed E-state index contributed by atoms with van der Waals surface area (Å²) in [5, 5.41) is 10.4. The highest BCUT2D eigenvalue weighted by molar-refractivity contribution is 5.66. The maximum Gasteiger partial charge on any atom is 0.302 e. The minimum Gasteiger partial charge on any atom is -0.462 e. The summed E-state index contributed by atoms with van der Waals surface area (Å²) in [6.45, 7) is 16.3. The van der Waals surface area contributed by atoms with Gasteiger partial charge in [-0.1, -0.05) is 54.4 Å². The maximum absolute atomic E-state index is 12.3. The molecule has 0 aromatic heterocycles. The van der Waals surface area contributed by atoms with Gasteiger partial charge in [-0.2, -0.15) is 0 Å². The second-order valence-corrected chi connectivity index (χ2v) is 13.8. The molecule has 0 aromatic rings. The van der Waals surface area contributed by atoms with Crippen molar-refractivity contribution in [1.82, 2.24) is 0 Å². The van der Waals surface area contributed by atoms with Gasteiger partial charge < -0.3 is 9.84 Å². The Balaban J connectivity index is 1.59. The van der Waals surface area contributed by atoms with Crippen molar-refractivity contribution in [2.45, 2.75) is 125 Å². The standard InChI is InChI=1S/C30H52O3/c1-18(2)19(3)8-9-20(4)25-12-13-26-24-11-10-22-16-23(32)14-15-29(22,6)28(24)27(33-21(5)31)17-30(25,26)7/h18-20,22-28,32H,8-17H2,1-7H3/t19-,20+,22-,23+,24-,25+,26-,27+,28+,29-,30+/m0/s1. The van der Waals surface area contributed by atoms with Gasteiger partial charge in [-0.15, -0.1) is 0 Å². The summed E-state index contributed by atoms with van der Waals surface area (Å²) in [6.07, 6.45) is 11.8. The molecule has 0 aliphatic heterocycles. The van der Waals surface area contributed by atoms with Crippen LogP contribution in [-0.2, 0) is 9.53 Å². The number of hydrogen-bond acceptors (Lipinski definition) is 3. The van der Waals surface area contributed by atoms with E-state index < -0.39 is 0 Å². The first-order valence-corrected chi connectivity index (χ1v) is 14.3. The van der Waals surface area contributed by atoms with E-state index in [1.165, 1.54) is 38.5 Å². The van der Waals surface area contributed by atoms with E-state index in [0.29, 0.717) is 23.2 Å². The fourth-order valence-corrected chi connectivity index (χ4v) is 9.68. The van der Waals surface area contributed by atoms with Crippen LogP contribution in [0.15, 0.2) is 0 Å². The summed E-state index contributed by atoms with van der Waals surface area (Å²) in [7, 11) is 0. The van der Waals surface area contributed by atoms with Crippen LogP contribution in [0.5, 0.6) is 0 Å². The largest absolute Gasteiger partial charge is 0.462 e. The molecular weight excluding hydrogens is 408 g/mol. The Hall–Kier alpha value is -0.570. The summed E-state index contributed by atoms with van der Waals surface area (Å²) in [5.41, 5.74) is 0.499. The van der Waals surface area contributed by atoms with Gasteiger partial charge in [-0.25, -0.2) is 0 Å². The number of carbonyl (C=O) groups is 1. The molecule has 0 spiro atoms. The van der Waals surface area contributed by atoms with Crippen LogP contribution >= 0.6 is 0 Å². The minimum absolute atomic E-state index is 0.0548. The molecule has 4 fully saturated rings. The molecule has 3 heteroatoms. The lowest BCUT2D eigenvalue weighted by atomic mass is 9.43. The fraction of sp³-hybridized carbons (Fsp3) is 0.967. The second kappa shape index (κ2) is 9.47. The van der Waals surface area contributed by atoms with E-state index in [9.17, 15) is 9.90 Å². The Morgan fingerprint density at radius 2 is 1.73 bits per heavy atom. The van der Waals surface area contributed by atoms with Gasteiger partial charge in [0.25, 0.3) is 0 Å². The molecule has 4 saturated carbocycles. The van der Waals surface area contributed by atoms with Crippen LogP contribution in [0.2, 0.25) is 0 Å². The van der Waals surface area contributed by atoms with Crippen molar-refractivity contribution in [2.24, 2.45) is 58.2 Å². The summed E-state index contributed by atoms with van der Waals surface area (Å²) < 4.78 is 6.23. The zero-order chi connectivity index (χ0) is 24.1. The number of rotatable bonds is 6. The van der Waals surface area contributed by atoms with Gasteiger partial charge in [0.2, 0.25) is 0 Å². The highest BCUT2D eigenvalue weighted by Crippen LogP contribution is 2.68.